The van der Waals surface area contributed by atoms with Crippen LogP contribution in [0.5, 0.6) is 0 Å². The lowest BCUT2D eigenvalue weighted by molar-refractivity contribution is -0.165. The number of ether oxygens (including phenoxy) is 1. The van der Waals surface area contributed by atoms with Crippen molar-refractivity contribution in [2.45, 2.75) is 64.1 Å². The van der Waals surface area contributed by atoms with Gasteiger partial charge in [0, 0.05) is 13.0 Å². The van der Waals surface area contributed by atoms with Crippen LogP contribution in [0.3, 0.4) is 0 Å². The monoisotopic (exact) mass is 306 g/mol. The summed E-state index contributed by atoms with van der Waals surface area (Å²) in [4.78, 5) is 40.4. The zero-order chi connectivity index (χ0) is 16.7. The molecule has 22 heavy (non-hydrogen) atoms. The molecule has 0 aromatic carbocycles. The van der Waals surface area contributed by atoms with E-state index in [0.717, 1.165) is 4.90 Å². The van der Waals surface area contributed by atoms with Gasteiger partial charge >= 0.3 is 6.09 Å². The second-order valence-corrected chi connectivity index (χ2v) is 6.84. The Morgan fingerprint density at radius 3 is 2.64 bits per heavy atom. The topological polar surface area (TPSA) is 66.9 Å². The van der Waals surface area contributed by atoms with Gasteiger partial charge in [-0.25, -0.2) is 9.69 Å². The molecule has 0 unspecified atom stereocenters. The smallest absolute Gasteiger partial charge is 0.417 e. The molecule has 6 heteroatoms. The Morgan fingerprint density at radius 1 is 1.45 bits per heavy atom. The summed E-state index contributed by atoms with van der Waals surface area (Å²) >= 11 is 0. The van der Waals surface area contributed by atoms with Crippen molar-refractivity contribution in [3.63, 3.8) is 0 Å². The average molecular weight is 306 g/mol. The molecule has 0 aromatic rings. The summed E-state index contributed by atoms with van der Waals surface area (Å²) in [5.41, 5.74) is -1.83. The van der Waals surface area contributed by atoms with Crippen LogP contribution in [0.4, 0.5) is 4.79 Å². The lowest BCUT2D eigenvalue weighted by atomic mass is 9.87. The maximum absolute atomic E-state index is 12.9. The quantitative estimate of drug-likeness (QED) is 0.689. The van der Waals surface area contributed by atoms with Gasteiger partial charge < -0.3 is 9.64 Å². The molecule has 6 nitrogen and oxygen atoms in total. The molecular weight excluding hydrogens is 284 g/mol. The van der Waals surface area contributed by atoms with Crippen LogP contribution in [-0.4, -0.2) is 51.4 Å². The van der Waals surface area contributed by atoms with E-state index in [1.54, 1.807) is 32.6 Å². The summed E-state index contributed by atoms with van der Waals surface area (Å²) in [6, 6.07) is -0.869. The molecule has 2 rings (SSSR count). The van der Waals surface area contributed by atoms with E-state index in [9.17, 15) is 14.4 Å². The number of amides is 3. The first kappa shape index (κ1) is 16.3. The Morgan fingerprint density at radius 2 is 2.09 bits per heavy atom. The van der Waals surface area contributed by atoms with E-state index in [1.165, 1.54) is 0 Å². The molecule has 2 heterocycles. The largest absolute Gasteiger partial charge is 0.443 e. The number of terminal acetylenes is 1. The van der Waals surface area contributed by atoms with Crippen molar-refractivity contribution in [3.05, 3.63) is 0 Å². The van der Waals surface area contributed by atoms with Crippen molar-refractivity contribution in [3.8, 4) is 12.3 Å². The third kappa shape index (κ3) is 2.45. The number of carbonyl (C=O) groups is 3. The summed E-state index contributed by atoms with van der Waals surface area (Å²) in [5.74, 6) is 1.80. The first-order valence-corrected chi connectivity index (χ1v) is 7.45. The standard InChI is InChI=1S/C16H22N2O4/c1-6-8-16-9-7-10-17(16)12(19)11(2)18(13(16)20)14(21)22-15(3,4)5/h1,11H,7-10H2,2-5H3/t11-,16-/m0/s1. The fourth-order valence-electron chi connectivity index (χ4n) is 3.14. The third-order valence-electron chi connectivity index (χ3n) is 4.10. The van der Waals surface area contributed by atoms with Gasteiger partial charge in [-0.1, -0.05) is 0 Å². The van der Waals surface area contributed by atoms with Crippen molar-refractivity contribution in [2.75, 3.05) is 6.54 Å². The first-order chi connectivity index (χ1) is 10.1. The Hall–Kier alpha value is -2.03. The van der Waals surface area contributed by atoms with Gasteiger partial charge in [0.05, 0.1) is 0 Å². The van der Waals surface area contributed by atoms with Crippen LogP contribution < -0.4 is 0 Å². The summed E-state index contributed by atoms with van der Waals surface area (Å²) in [7, 11) is 0. The number of rotatable bonds is 1. The summed E-state index contributed by atoms with van der Waals surface area (Å²) in [5, 5.41) is 0. The van der Waals surface area contributed by atoms with Crippen molar-refractivity contribution in [2.24, 2.45) is 0 Å². The molecule has 0 saturated carbocycles. The molecular formula is C16H22N2O4. The van der Waals surface area contributed by atoms with Crippen LogP contribution in [0.25, 0.3) is 0 Å². The fraction of sp³-hybridized carbons (Fsp3) is 0.688. The predicted octanol–water partition coefficient (Wildman–Crippen LogP) is 1.54. The molecule has 120 valence electrons. The van der Waals surface area contributed by atoms with Gasteiger partial charge in [-0.15, -0.1) is 12.3 Å². The highest BCUT2D eigenvalue weighted by Crippen LogP contribution is 2.39. The Bertz CT molecular complexity index is 557. The van der Waals surface area contributed by atoms with Crippen LogP contribution in [0.1, 0.15) is 47.0 Å². The minimum absolute atomic E-state index is 0.115. The zero-order valence-electron chi connectivity index (χ0n) is 13.5. The number of imide groups is 1. The van der Waals surface area contributed by atoms with E-state index in [1.807, 2.05) is 0 Å². The van der Waals surface area contributed by atoms with Crippen molar-refractivity contribution < 1.29 is 19.1 Å². The Balaban J connectivity index is 2.39. The molecule has 0 bridgehead atoms. The molecule has 2 atom stereocenters. The van der Waals surface area contributed by atoms with Gasteiger partial charge in [0.2, 0.25) is 5.91 Å². The molecule has 2 aliphatic heterocycles. The minimum atomic E-state index is -1.09. The number of hydrogen-bond donors (Lipinski definition) is 0. The van der Waals surface area contributed by atoms with Crippen LogP contribution in [0.15, 0.2) is 0 Å². The maximum Gasteiger partial charge on any atom is 0.417 e. The summed E-state index contributed by atoms with van der Waals surface area (Å²) in [6.07, 6.45) is 5.91. The van der Waals surface area contributed by atoms with Gasteiger partial charge in [0.25, 0.3) is 5.91 Å². The Kier molecular flexibility index (Phi) is 3.94. The molecule has 2 fully saturated rings. The number of fused-ring (bicyclic) bond motifs is 1. The summed E-state index contributed by atoms with van der Waals surface area (Å²) in [6.45, 7) is 7.18. The molecule has 0 N–H and O–H groups in total. The number of piperazine rings is 1. The second kappa shape index (κ2) is 5.31. The van der Waals surface area contributed by atoms with Gasteiger partial charge in [0.15, 0.2) is 0 Å². The van der Waals surface area contributed by atoms with Crippen molar-refractivity contribution in [1.82, 2.24) is 9.80 Å². The third-order valence-corrected chi connectivity index (χ3v) is 4.10. The minimum Gasteiger partial charge on any atom is -0.443 e. The lowest BCUT2D eigenvalue weighted by Gasteiger charge is -2.46. The van der Waals surface area contributed by atoms with Crippen LogP contribution in [0, 0.1) is 12.3 Å². The van der Waals surface area contributed by atoms with Gasteiger partial charge in [-0.3, -0.25) is 9.59 Å². The SMILES string of the molecule is C#CC[C@@]12CCCN1C(=O)[C@H](C)N(C(=O)OC(C)(C)C)C2=O. The van der Waals surface area contributed by atoms with Crippen LogP contribution in [-0.2, 0) is 14.3 Å². The highest BCUT2D eigenvalue weighted by molar-refractivity contribution is 6.07. The number of hydrogen-bond acceptors (Lipinski definition) is 4. The van der Waals surface area contributed by atoms with E-state index in [-0.39, 0.29) is 12.3 Å². The van der Waals surface area contributed by atoms with Crippen molar-refractivity contribution in [1.29, 1.82) is 0 Å². The summed E-state index contributed by atoms with van der Waals surface area (Å²) < 4.78 is 5.28. The molecule has 0 radical (unpaired) electrons. The second-order valence-electron chi connectivity index (χ2n) is 6.84. The first-order valence-electron chi connectivity index (χ1n) is 7.45. The molecule has 2 saturated heterocycles. The highest BCUT2D eigenvalue weighted by Gasteiger charge is 2.59. The zero-order valence-corrected chi connectivity index (χ0v) is 13.5. The predicted molar refractivity (Wildman–Crippen MR) is 79.7 cm³/mol. The maximum atomic E-state index is 12.9. The average Bonchev–Trinajstić information content (AvgIpc) is 2.80. The van der Waals surface area contributed by atoms with E-state index >= 15 is 0 Å². The van der Waals surface area contributed by atoms with Crippen molar-refractivity contribution >= 4 is 17.9 Å². The van der Waals surface area contributed by atoms with Gasteiger partial charge in [-0.2, -0.15) is 0 Å². The fourth-order valence-corrected chi connectivity index (χ4v) is 3.14. The van der Waals surface area contributed by atoms with Crippen LogP contribution in [0.2, 0.25) is 0 Å². The molecule has 2 aliphatic rings. The normalized spacial score (nSPS) is 28.4. The number of carbonyl (C=O) groups excluding carboxylic acids is 3. The molecule has 0 spiro atoms. The van der Waals surface area contributed by atoms with Crippen LogP contribution >= 0.6 is 0 Å². The van der Waals surface area contributed by atoms with E-state index in [2.05, 4.69) is 5.92 Å². The van der Waals surface area contributed by atoms with Gasteiger partial charge in [-0.05, 0) is 40.5 Å². The lowest BCUT2D eigenvalue weighted by Crippen LogP contribution is -2.70. The van der Waals surface area contributed by atoms with E-state index < -0.39 is 29.2 Å². The van der Waals surface area contributed by atoms with Gasteiger partial charge in [0.1, 0.15) is 17.2 Å². The molecule has 0 aromatic heterocycles. The highest BCUT2D eigenvalue weighted by atomic mass is 16.6. The number of nitrogens with zero attached hydrogens (tertiary/aromatic N) is 2. The molecule has 0 aliphatic carbocycles. The Labute approximate surface area is 130 Å². The van der Waals surface area contributed by atoms with E-state index in [4.69, 9.17) is 11.2 Å². The molecule has 3 amide bonds. The van der Waals surface area contributed by atoms with E-state index in [0.29, 0.717) is 19.4 Å².